The minimum atomic E-state index is -0.132. The lowest BCUT2D eigenvalue weighted by molar-refractivity contribution is -0.133. The lowest BCUT2D eigenvalue weighted by atomic mass is 9.95. The van der Waals surface area contributed by atoms with Crippen LogP contribution in [0, 0.1) is 12.8 Å². The Morgan fingerprint density at radius 2 is 1.70 bits per heavy atom. The van der Waals surface area contributed by atoms with E-state index in [0.717, 1.165) is 74.5 Å². The second kappa shape index (κ2) is 12.0. The first kappa shape index (κ1) is 28.4. The molecule has 0 spiro atoms. The molecule has 1 aromatic heterocycles. The lowest BCUT2D eigenvalue weighted by Gasteiger charge is -2.41. The summed E-state index contributed by atoms with van der Waals surface area (Å²) in [5.74, 6) is 1.70. The third-order valence-electron chi connectivity index (χ3n) is 9.90. The number of fused-ring (bicyclic) bond motifs is 3. The fraction of sp³-hybridized carbons (Fsp3) is 0.500. The Labute approximate surface area is 259 Å². The highest BCUT2D eigenvalue weighted by Crippen LogP contribution is 2.43. The summed E-state index contributed by atoms with van der Waals surface area (Å²) in [6, 6.07) is 18.6. The Hall–Kier alpha value is -3.36. The van der Waals surface area contributed by atoms with Gasteiger partial charge in [-0.25, -0.2) is 9.78 Å². The summed E-state index contributed by atoms with van der Waals surface area (Å²) in [4.78, 5) is 37.7. The van der Waals surface area contributed by atoms with E-state index in [2.05, 4.69) is 21.7 Å². The third-order valence-corrected chi connectivity index (χ3v) is 10.1. The second-order valence-corrected chi connectivity index (χ2v) is 13.2. The van der Waals surface area contributed by atoms with E-state index in [-0.39, 0.29) is 11.9 Å². The lowest BCUT2D eigenvalue weighted by Crippen LogP contribution is -2.45. The number of hydrogen-bond acceptors (Lipinski definition) is 4. The molecule has 2 saturated heterocycles. The number of hydrogen-bond donors (Lipinski definition) is 1. The quantitative estimate of drug-likeness (QED) is 0.323. The molecule has 3 atom stereocenters. The normalized spacial score (nSPS) is 23.2. The number of para-hydroxylation sites is 1. The zero-order valence-corrected chi connectivity index (χ0v) is 25.7. The van der Waals surface area contributed by atoms with Gasteiger partial charge in [0.1, 0.15) is 5.82 Å². The van der Waals surface area contributed by atoms with Gasteiger partial charge in [0.15, 0.2) is 0 Å². The smallest absolute Gasteiger partial charge is 0.326 e. The van der Waals surface area contributed by atoms with E-state index in [0.29, 0.717) is 42.1 Å². The number of nitrogens with zero attached hydrogens (tertiary/aromatic N) is 5. The number of piperidine rings is 1. The molecule has 9 heteroatoms. The van der Waals surface area contributed by atoms with Gasteiger partial charge in [-0.15, -0.1) is 0 Å². The fourth-order valence-electron chi connectivity index (χ4n) is 7.71. The van der Waals surface area contributed by atoms with Crippen molar-refractivity contribution in [3.63, 3.8) is 0 Å². The molecule has 0 radical (unpaired) electrons. The average molecular weight is 601 g/mol. The first-order valence-corrected chi connectivity index (χ1v) is 16.3. The van der Waals surface area contributed by atoms with Gasteiger partial charge in [-0.2, -0.15) is 0 Å². The zero-order chi connectivity index (χ0) is 29.5. The Morgan fingerprint density at radius 3 is 2.40 bits per heavy atom. The minimum Gasteiger partial charge on any atom is -0.336 e. The van der Waals surface area contributed by atoms with Gasteiger partial charge in [0.25, 0.3) is 0 Å². The Bertz CT molecular complexity index is 1460. The molecule has 1 saturated carbocycles. The van der Waals surface area contributed by atoms with Crippen molar-refractivity contribution in [1.82, 2.24) is 19.4 Å². The van der Waals surface area contributed by atoms with Crippen molar-refractivity contribution in [2.45, 2.75) is 83.0 Å². The largest absolute Gasteiger partial charge is 0.336 e. The Balaban J connectivity index is 0.986. The van der Waals surface area contributed by atoms with Crippen LogP contribution in [0.4, 0.5) is 16.2 Å². The number of anilines is 2. The molecule has 2 bridgehead atoms. The van der Waals surface area contributed by atoms with Gasteiger partial charge in [-0.1, -0.05) is 29.8 Å². The van der Waals surface area contributed by atoms with Gasteiger partial charge in [0.05, 0.1) is 12.2 Å². The number of nitrogens with one attached hydrogen (secondary N) is 1. The maximum Gasteiger partial charge on any atom is 0.326 e. The minimum absolute atomic E-state index is 0.132. The number of rotatable bonds is 8. The number of benzene rings is 2. The van der Waals surface area contributed by atoms with E-state index >= 15 is 0 Å². The van der Waals surface area contributed by atoms with Crippen LogP contribution in [0.5, 0.6) is 0 Å². The number of aromatic nitrogens is 2. The van der Waals surface area contributed by atoms with Gasteiger partial charge in [0, 0.05) is 72.2 Å². The molecule has 1 N–H and O–H groups in total. The third kappa shape index (κ3) is 5.92. The molecule has 43 heavy (non-hydrogen) atoms. The summed E-state index contributed by atoms with van der Waals surface area (Å²) >= 11 is 6.04. The number of urea groups is 1. The van der Waals surface area contributed by atoms with Crippen molar-refractivity contribution in [3.8, 4) is 0 Å². The average Bonchev–Trinajstić information content (AvgIpc) is 3.77. The predicted octanol–water partition coefficient (Wildman–Crippen LogP) is 6.44. The summed E-state index contributed by atoms with van der Waals surface area (Å²) in [5.41, 5.74) is 4.11. The Kier molecular flexibility index (Phi) is 7.91. The van der Waals surface area contributed by atoms with Crippen LogP contribution in [-0.4, -0.2) is 63.0 Å². The van der Waals surface area contributed by atoms with Gasteiger partial charge in [0.2, 0.25) is 5.91 Å². The van der Waals surface area contributed by atoms with Crippen LogP contribution in [0.25, 0.3) is 0 Å². The second-order valence-electron chi connectivity index (χ2n) is 12.7. The van der Waals surface area contributed by atoms with E-state index in [1.165, 1.54) is 18.5 Å². The number of imidazole rings is 1. The molecular weight excluding hydrogens is 560 g/mol. The van der Waals surface area contributed by atoms with Crippen LogP contribution in [0.3, 0.4) is 0 Å². The summed E-state index contributed by atoms with van der Waals surface area (Å²) in [6.45, 7) is 5.27. The molecular formula is C34H41ClN6O2. The van der Waals surface area contributed by atoms with Crippen molar-refractivity contribution < 1.29 is 9.59 Å². The highest BCUT2D eigenvalue weighted by Gasteiger charge is 2.43. The molecule has 7 rings (SSSR count). The van der Waals surface area contributed by atoms with Gasteiger partial charge in [-0.05, 0) is 88.3 Å². The summed E-state index contributed by atoms with van der Waals surface area (Å²) in [6.07, 6.45) is 8.69. The van der Waals surface area contributed by atoms with Crippen LogP contribution < -0.4 is 10.2 Å². The fourth-order valence-corrected chi connectivity index (χ4v) is 7.84. The molecule has 3 aromatic rings. The molecule has 8 nitrogen and oxygen atoms in total. The molecule has 1 aliphatic carbocycles. The first-order valence-electron chi connectivity index (χ1n) is 15.9. The molecule has 4 aliphatic rings. The monoisotopic (exact) mass is 600 g/mol. The van der Waals surface area contributed by atoms with Crippen LogP contribution in [0.15, 0.2) is 54.6 Å². The van der Waals surface area contributed by atoms with Crippen LogP contribution in [-0.2, 0) is 17.8 Å². The van der Waals surface area contributed by atoms with Gasteiger partial charge >= 0.3 is 6.03 Å². The molecule has 4 heterocycles. The molecule has 3 aliphatic heterocycles. The highest BCUT2D eigenvalue weighted by molar-refractivity contribution is 6.30. The summed E-state index contributed by atoms with van der Waals surface area (Å²) in [5, 5.41) is 3.68. The van der Waals surface area contributed by atoms with Crippen LogP contribution in [0.2, 0.25) is 5.02 Å². The van der Waals surface area contributed by atoms with Gasteiger partial charge in [-0.3, -0.25) is 14.6 Å². The SMILES string of the molecule is Cc1nc2c(n1C1C[C@H]3CC[C@@H](C1)N3CCCN(C(=O)Nc1ccc(Cl)cc1)c1ccccc1)CCN(C(=O)C1CC1)C2. The van der Waals surface area contributed by atoms with Gasteiger partial charge < -0.3 is 14.8 Å². The first-order chi connectivity index (χ1) is 20.9. The molecule has 2 aromatic carbocycles. The predicted molar refractivity (Wildman–Crippen MR) is 169 cm³/mol. The van der Waals surface area contributed by atoms with Crippen LogP contribution >= 0.6 is 11.6 Å². The highest BCUT2D eigenvalue weighted by atomic mass is 35.5. The van der Waals surface area contributed by atoms with E-state index in [4.69, 9.17) is 16.6 Å². The number of carbonyl (C=O) groups is 2. The van der Waals surface area contributed by atoms with Crippen molar-refractivity contribution in [1.29, 1.82) is 0 Å². The van der Waals surface area contributed by atoms with E-state index in [1.807, 2.05) is 52.3 Å². The Morgan fingerprint density at radius 1 is 0.977 bits per heavy atom. The van der Waals surface area contributed by atoms with Crippen molar-refractivity contribution in [3.05, 3.63) is 76.8 Å². The van der Waals surface area contributed by atoms with E-state index in [1.54, 1.807) is 12.1 Å². The number of amides is 3. The number of aryl methyl sites for hydroxylation is 1. The maximum atomic E-state index is 13.4. The van der Waals surface area contributed by atoms with Crippen molar-refractivity contribution in [2.75, 3.05) is 29.9 Å². The molecule has 3 fully saturated rings. The number of carbonyl (C=O) groups excluding carboxylic acids is 2. The van der Waals surface area contributed by atoms with E-state index < -0.39 is 0 Å². The topological polar surface area (TPSA) is 73.7 Å². The van der Waals surface area contributed by atoms with Crippen molar-refractivity contribution in [2.24, 2.45) is 5.92 Å². The molecule has 3 amide bonds. The summed E-state index contributed by atoms with van der Waals surface area (Å²) in [7, 11) is 0. The molecule has 1 unspecified atom stereocenters. The standard InChI is InChI=1S/C34H41ClN6O2/c1-23-36-31-22-38(33(42)24-8-9-24)19-16-32(31)41(23)30-20-28-14-15-29(21-30)39(28)17-5-18-40(27-6-3-2-4-7-27)34(43)37-26-12-10-25(35)11-13-26/h2-4,6-7,10-13,24,28-30H,5,8-9,14-22H2,1H3,(H,37,43)/t28-,29+,30?. The van der Waals surface area contributed by atoms with Crippen molar-refractivity contribution >= 4 is 34.9 Å². The molecule has 226 valence electrons. The van der Waals surface area contributed by atoms with Crippen LogP contribution in [0.1, 0.15) is 68.2 Å². The maximum absolute atomic E-state index is 13.4. The number of halogens is 1. The summed E-state index contributed by atoms with van der Waals surface area (Å²) < 4.78 is 2.54. The van der Waals surface area contributed by atoms with E-state index in [9.17, 15) is 9.59 Å². The zero-order valence-electron chi connectivity index (χ0n) is 24.9.